The number of benzene rings is 3. The zero-order valence-electron chi connectivity index (χ0n) is 17.1. The molecule has 0 heterocycles. The predicted octanol–water partition coefficient (Wildman–Crippen LogP) is 7.64. The van der Waals surface area contributed by atoms with Gasteiger partial charge in [-0.05, 0) is 90.1 Å². The van der Waals surface area contributed by atoms with Gasteiger partial charge in [-0.2, -0.15) is 0 Å². The first-order chi connectivity index (χ1) is 14.1. The second kappa shape index (κ2) is 8.90. The van der Waals surface area contributed by atoms with Crippen LogP contribution in [-0.2, 0) is 19.3 Å². The van der Waals surface area contributed by atoms with E-state index in [1.165, 1.54) is 48.1 Å². The molecule has 0 saturated heterocycles. The molecule has 0 spiro atoms. The van der Waals surface area contributed by atoms with E-state index in [0.717, 1.165) is 36.8 Å². The first-order valence-corrected chi connectivity index (χ1v) is 10.8. The Kier molecular flexibility index (Phi) is 6.08. The fourth-order valence-electron chi connectivity index (χ4n) is 4.45. The average molecular weight is 391 g/mol. The van der Waals surface area contributed by atoms with Crippen LogP contribution < -0.4 is 0 Å². The average Bonchev–Trinajstić information content (AvgIpc) is 2.74. The van der Waals surface area contributed by atoms with Crippen LogP contribution in [0.1, 0.15) is 60.8 Å². The minimum Gasteiger partial charge on any atom is -0.207 e. The first kappa shape index (κ1) is 19.8. The van der Waals surface area contributed by atoms with E-state index in [9.17, 15) is 8.78 Å². The van der Waals surface area contributed by atoms with Gasteiger partial charge in [0.25, 0.3) is 0 Å². The Morgan fingerprint density at radius 2 is 1.62 bits per heavy atom. The maximum absolute atomic E-state index is 14.8. The highest BCUT2D eigenvalue weighted by atomic mass is 19.1. The summed E-state index contributed by atoms with van der Waals surface area (Å²) in [6.07, 6.45) is 7.85. The number of unbranched alkanes of at least 4 members (excludes halogenated alkanes) is 2. The van der Waals surface area contributed by atoms with Crippen LogP contribution >= 0.6 is 0 Å². The number of rotatable bonds is 6. The summed E-state index contributed by atoms with van der Waals surface area (Å²) in [5.74, 6) is -0.0723. The van der Waals surface area contributed by atoms with E-state index in [1.54, 1.807) is 18.2 Å². The molecule has 1 aliphatic carbocycles. The van der Waals surface area contributed by atoms with Crippen molar-refractivity contribution in [1.82, 2.24) is 0 Å². The number of fused-ring (bicyclic) bond motifs is 1. The molecule has 3 aromatic carbocycles. The molecule has 0 aliphatic heterocycles. The minimum atomic E-state index is -0.300. The largest absolute Gasteiger partial charge is 0.207 e. The van der Waals surface area contributed by atoms with Crippen LogP contribution in [0.2, 0.25) is 0 Å². The normalized spacial score (nSPS) is 15.9. The maximum Gasteiger partial charge on any atom is 0.131 e. The van der Waals surface area contributed by atoms with Crippen LogP contribution in [0.15, 0.2) is 60.7 Å². The van der Waals surface area contributed by atoms with Gasteiger partial charge >= 0.3 is 0 Å². The van der Waals surface area contributed by atoms with E-state index in [1.807, 2.05) is 6.07 Å². The second-order valence-electron chi connectivity index (χ2n) is 8.25. The number of hydrogen-bond donors (Lipinski definition) is 0. The Hall–Kier alpha value is -2.48. The Labute approximate surface area is 172 Å². The van der Waals surface area contributed by atoms with Crippen LogP contribution in [0.3, 0.4) is 0 Å². The van der Waals surface area contributed by atoms with E-state index < -0.39 is 0 Å². The maximum atomic E-state index is 14.8. The molecule has 1 aliphatic rings. The molecule has 150 valence electrons. The Bertz CT molecular complexity index is 955. The van der Waals surface area contributed by atoms with Crippen molar-refractivity contribution in [2.45, 2.75) is 57.8 Å². The molecule has 1 atom stereocenters. The van der Waals surface area contributed by atoms with Gasteiger partial charge in [0, 0.05) is 5.56 Å². The van der Waals surface area contributed by atoms with Gasteiger partial charge in [0.1, 0.15) is 11.6 Å². The minimum absolute atomic E-state index is 0.220. The van der Waals surface area contributed by atoms with Crippen LogP contribution in [-0.4, -0.2) is 0 Å². The van der Waals surface area contributed by atoms with Gasteiger partial charge in [0.2, 0.25) is 0 Å². The third kappa shape index (κ3) is 4.58. The van der Waals surface area contributed by atoms with E-state index in [2.05, 4.69) is 31.2 Å². The van der Waals surface area contributed by atoms with E-state index in [4.69, 9.17) is 0 Å². The first-order valence-electron chi connectivity index (χ1n) is 10.8. The van der Waals surface area contributed by atoms with Crippen LogP contribution in [0.5, 0.6) is 0 Å². The van der Waals surface area contributed by atoms with Gasteiger partial charge in [-0.3, -0.25) is 0 Å². The van der Waals surface area contributed by atoms with Crippen LogP contribution in [0, 0.1) is 11.6 Å². The number of hydrogen-bond acceptors (Lipinski definition) is 0. The summed E-state index contributed by atoms with van der Waals surface area (Å²) in [6, 6.07) is 18.8. The van der Waals surface area contributed by atoms with E-state index >= 15 is 0 Å². The lowest BCUT2D eigenvalue weighted by atomic mass is 9.79. The predicted molar refractivity (Wildman–Crippen MR) is 116 cm³/mol. The van der Waals surface area contributed by atoms with Gasteiger partial charge in [-0.25, -0.2) is 8.78 Å². The third-order valence-corrected chi connectivity index (χ3v) is 6.19. The summed E-state index contributed by atoms with van der Waals surface area (Å²) < 4.78 is 28.0. The SMILES string of the molecule is CCCCCc1ccc(C2CCc3cc(-c4ccc(F)cc4)c(F)cc3C2)cc1. The Morgan fingerprint density at radius 3 is 2.34 bits per heavy atom. The summed E-state index contributed by atoms with van der Waals surface area (Å²) in [7, 11) is 0. The fraction of sp³-hybridized carbons (Fsp3) is 0.333. The summed E-state index contributed by atoms with van der Waals surface area (Å²) in [5.41, 5.74) is 6.40. The molecule has 3 aromatic rings. The topological polar surface area (TPSA) is 0 Å². The van der Waals surface area contributed by atoms with Gasteiger partial charge in [0.15, 0.2) is 0 Å². The molecule has 0 fully saturated rings. The van der Waals surface area contributed by atoms with Gasteiger partial charge in [-0.15, -0.1) is 0 Å². The summed E-state index contributed by atoms with van der Waals surface area (Å²) in [5, 5.41) is 0. The van der Waals surface area contributed by atoms with Crippen molar-refractivity contribution in [3.8, 4) is 11.1 Å². The number of aryl methyl sites for hydroxylation is 2. The lowest BCUT2D eigenvalue weighted by Gasteiger charge is -2.26. The van der Waals surface area contributed by atoms with E-state index in [0.29, 0.717) is 11.5 Å². The molecule has 4 rings (SSSR count). The van der Waals surface area contributed by atoms with Crippen LogP contribution in [0.4, 0.5) is 8.78 Å². The molecule has 0 aromatic heterocycles. The van der Waals surface area contributed by atoms with Gasteiger partial charge in [-0.1, -0.05) is 56.2 Å². The zero-order valence-corrected chi connectivity index (χ0v) is 17.1. The van der Waals surface area contributed by atoms with Crippen molar-refractivity contribution in [2.24, 2.45) is 0 Å². The summed E-state index contributed by atoms with van der Waals surface area (Å²) in [4.78, 5) is 0. The Balaban J connectivity index is 1.50. The molecule has 0 saturated carbocycles. The smallest absolute Gasteiger partial charge is 0.131 e. The molecular formula is C27H28F2. The molecule has 29 heavy (non-hydrogen) atoms. The third-order valence-electron chi connectivity index (χ3n) is 6.19. The molecule has 0 amide bonds. The molecule has 0 nitrogen and oxygen atoms in total. The van der Waals surface area contributed by atoms with Gasteiger partial charge in [0.05, 0.1) is 0 Å². The molecule has 0 bridgehead atoms. The fourth-order valence-corrected chi connectivity index (χ4v) is 4.45. The lowest BCUT2D eigenvalue weighted by molar-refractivity contribution is 0.573. The van der Waals surface area contributed by atoms with Crippen molar-refractivity contribution in [3.05, 3.63) is 94.6 Å². The second-order valence-corrected chi connectivity index (χ2v) is 8.25. The molecule has 0 radical (unpaired) electrons. The molecule has 0 N–H and O–H groups in total. The zero-order chi connectivity index (χ0) is 20.2. The summed E-state index contributed by atoms with van der Waals surface area (Å²) >= 11 is 0. The van der Waals surface area contributed by atoms with Crippen molar-refractivity contribution in [2.75, 3.05) is 0 Å². The molecule has 1 unspecified atom stereocenters. The highest BCUT2D eigenvalue weighted by molar-refractivity contribution is 5.66. The quantitative estimate of drug-likeness (QED) is 0.379. The van der Waals surface area contributed by atoms with Crippen molar-refractivity contribution < 1.29 is 8.78 Å². The van der Waals surface area contributed by atoms with Crippen molar-refractivity contribution >= 4 is 0 Å². The lowest BCUT2D eigenvalue weighted by Crippen LogP contribution is -2.13. The Morgan fingerprint density at radius 1 is 0.862 bits per heavy atom. The summed E-state index contributed by atoms with van der Waals surface area (Å²) in [6.45, 7) is 2.23. The molecule has 2 heteroatoms. The highest BCUT2D eigenvalue weighted by Crippen LogP contribution is 2.36. The monoisotopic (exact) mass is 390 g/mol. The van der Waals surface area contributed by atoms with Crippen molar-refractivity contribution in [3.63, 3.8) is 0 Å². The van der Waals surface area contributed by atoms with Crippen molar-refractivity contribution in [1.29, 1.82) is 0 Å². The number of halogens is 2. The van der Waals surface area contributed by atoms with Crippen LogP contribution in [0.25, 0.3) is 11.1 Å². The van der Waals surface area contributed by atoms with E-state index in [-0.39, 0.29) is 11.6 Å². The van der Waals surface area contributed by atoms with Gasteiger partial charge < -0.3 is 0 Å². The highest BCUT2D eigenvalue weighted by Gasteiger charge is 2.22. The standard InChI is InChI=1S/C27H28F2/c1-2-3-4-5-19-6-8-20(9-7-19)22-10-11-23-17-26(27(29)18-24(23)16-22)21-12-14-25(28)15-13-21/h6-9,12-15,17-18,22H,2-5,10-11,16H2,1H3. The molecular weight excluding hydrogens is 362 g/mol.